The molecule has 0 aromatic heterocycles. The van der Waals surface area contributed by atoms with Gasteiger partial charge in [0.05, 0.1) is 13.0 Å². The molecule has 0 radical (unpaired) electrons. The number of benzene rings is 2. The molecule has 0 saturated carbocycles. The van der Waals surface area contributed by atoms with Crippen LogP contribution in [0.15, 0.2) is 54.6 Å². The van der Waals surface area contributed by atoms with E-state index in [0.29, 0.717) is 24.9 Å². The Bertz CT molecular complexity index is 1010. The summed E-state index contributed by atoms with van der Waals surface area (Å²) in [5, 5.41) is 2.54. The van der Waals surface area contributed by atoms with Crippen LogP contribution in [0.5, 0.6) is 0 Å². The van der Waals surface area contributed by atoms with E-state index in [9.17, 15) is 23.6 Å². The first kappa shape index (κ1) is 24.9. The van der Waals surface area contributed by atoms with Crippen molar-refractivity contribution in [2.45, 2.75) is 25.3 Å². The number of ether oxygens (including phenoxy) is 2. The summed E-state index contributed by atoms with van der Waals surface area (Å²) in [6, 6.07) is 13.4. The second-order valence-electron chi connectivity index (χ2n) is 8.04. The fourth-order valence-electron chi connectivity index (χ4n) is 3.80. The van der Waals surface area contributed by atoms with Crippen molar-refractivity contribution >= 4 is 23.8 Å². The van der Waals surface area contributed by atoms with Crippen molar-refractivity contribution in [1.29, 1.82) is 0 Å². The van der Waals surface area contributed by atoms with Crippen LogP contribution in [0.1, 0.15) is 28.8 Å². The number of hydrogen-bond acceptors (Lipinski definition) is 6. The summed E-state index contributed by atoms with van der Waals surface area (Å²) < 4.78 is 23.0. The highest BCUT2D eigenvalue weighted by atomic mass is 19.1. The molecule has 3 rings (SSSR count). The molecule has 8 nitrogen and oxygen atoms in total. The number of nitrogens with one attached hydrogen (secondary N) is 1. The topological polar surface area (TPSA) is 102 Å². The summed E-state index contributed by atoms with van der Waals surface area (Å²) in [5.74, 6) is -3.14. The van der Waals surface area contributed by atoms with Gasteiger partial charge in [-0.2, -0.15) is 0 Å². The standard InChI is InChI=1S/C25H27FN2O6/c1-33-25(32)21(14-17-6-3-2-4-7-17)27-22(29)16-34-24(31)19-8-5-13-28(15-19)23(30)18-9-11-20(26)12-10-18/h2-4,6-7,9-12,19,21H,5,8,13-16H2,1H3,(H,27,29). The third-order valence-corrected chi connectivity index (χ3v) is 5.58. The Hall–Kier alpha value is -3.75. The molecule has 0 spiro atoms. The maximum absolute atomic E-state index is 13.1. The van der Waals surface area contributed by atoms with Crippen LogP contribution in [-0.4, -0.2) is 61.5 Å². The minimum absolute atomic E-state index is 0.148. The number of carbonyl (C=O) groups excluding carboxylic acids is 4. The Morgan fingerprint density at radius 1 is 1.09 bits per heavy atom. The highest BCUT2D eigenvalue weighted by Crippen LogP contribution is 2.20. The number of rotatable bonds is 8. The third kappa shape index (κ3) is 6.87. The van der Waals surface area contributed by atoms with Crippen molar-refractivity contribution in [1.82, 2.24) is 10.2 Å². The number of hydrogen-bond donors (Lipinski definition) is 1. The van der Waals surface area contributed by atoms with E-state index in [1.54, 1.807) is 0 Å². The first-order valence-corrected chi connectivity index (χ1v) is 11.0. The summed E-state index contributed by atoms with van der Waals surface area (Å²) >= 11 is 0. The SMILES string of the molecule is COC(=O)C(Cc1ccccc1)NC(=O)COC(=O)C1CCCN(C(=O)c2ccc(F)cc2)C1. The van der Waals surface area contributed by atoms with Crippen LogP contribution in [0.3, 0.4) is 0 Å². The van der Waals surface area contributed by atoms with E-state index < -0.39 is 42.2 Å². The zero-order chi connectivity index (χ0) is 24.5. The lowest BCUT2D eigenvalue weighted by atomic mass is 9.97. The summed E-state index contributed by atoms with van der Waals surface area (Å²) in [6.07, 6.45) is 1.35. The minimum Gasteiger partial charge on any atom is -0.467 e. The van der Waals surface area contributed by atoms with Gasteiger partial charge < -0.3 is 19.7 Å². The average molecular weight is 470 g/mol. The number of piperidine rings is 1. The molecule has 2 amide bonds. The van der Waals surface area contributed by atoms with E-state index >= 15 is 0 Å². The summed E-state index contributed by atoms with van der Waals surface area (Å²) in [7, 11) is 1.23. The van der Waals surface area contributed by atoms with Crippen molar-refractivity contribution in [3.05, 3.63) is 71.5 Å². The Morgan fingerprint density at radius 2 is 1.79 bits per heavy atom. The molecule has 2 aromatic rings. The molecule has 1 saturated heterocycles. The molecule has 34 heavy (non-hydrogen) atoms. The molecule has 1 aliphatic heterocycles. The molecule has 1 heterocycles. The maximum atomic E-state index is 13.1. The molecule has 2 atom stereocenters. The van der Waals surface area contributed by atoms with E-state index in [-0.39, 0.29) is 18.9 Å². The summed E-state index contributed by atoms with van der Waals surface area (Å²) in [4.78, 5) is 51.1. The van der Waals surface area contributed by atoms with Gasteiger partial charge in [-0.3, -0.25) is 14.4 Å². The van der Waals surface area contributed by atoms with E-state index in [0.717, 1.165) is 5.56 Å². The van der Waals surface area contributed by atoms with Gasteiger partial charge in [0.25, 0.3) is 11.8 Å². The van der Waals surface area contributed by atoms with Gasteiger partial charge in [-0.15, -0.1) is 0 Å². The number of esters is 2. The maximum Gasteiger partial charge on any atom is 0.328 e. The number of amides is 2. The fourth-order valence-corrected chi connectivity index (χ4v) is 3.80. The predicted octanol–water partition coefficient (Wildman–Crippen LogP) is 2.12. The Morgan fingerprint density at radius 3 is 2.47 bits per heavy atom. The van der Waals surface area contributed by atoms with Crippen LogP contribution >= 0.6 is 0 Å². The molecule has 0 bridgehead atoms. The molecular formula is C25H27FN2O6. The van der Waals surface area contributed by atoms with E-state index in [2.05, 4.69) is 5.32 Å². The monoisotopic (exact) mass is 470 g/mol. The normalized spacial score (nSPS) is 16.3. The number of halogens is 1. The van der Waals surface area contributed by atoms with Crippen molar-refractivity contribution < 1.29 is 33.0 Å². The molecule has 1 fully saturated rings. The zero-order valence-corrected chi connectivity index (χ0v) is 18.9. The van der Waals surface area contributed by atoms with Gasteiger partial charge in [0.15, 0.2) is 6.61 Å². The molecule has 2 unspecified atom stereocenters. The van der Waals surface area contributed by atoms with Crippen molar-refractivity contribution in [3.8, 4) is 0 Å². The Kier molecular flexibility index (Phi) is 8.73. The van der Waals surface area contributed by atoms with E-state index in [4.69, 9.17) is 9.47 Å². The van der Waals surface area contributed by atoms with Crippen LogP contribution in [0.2, 0.25) is 0 Å². The van der Waals surface area contributed by atoms with Crippen LogP contribution in [0.4, 0.5) is 4.39 Å². The first-order chi connectivity index (χ1) is 16.4. The second-order valence-corrected chi connectivity index (χ2v) is 8.04. The highest BCUT2D eigenvalue weighted by molar-refractivity contribution is 5.94. The molecule has 180 valence electrons. The van der Waals surface area contributed by atoms with E-state index in [1.807, 2.05) is 30.3 Å². The first-order valence-electron chi connectivity index (χ1n) is 11.0. The van der Waals surface area contributed by atoms with Crippen molar-refractivity contribution in [3.63, 3.8) is 0 Å². The summed E-state index contributed by atoms with van der Waals surface area (Å²) in [5.41, 5.74) is 1.17. The molecule has 1 aliphatic rings. The molecule has 2 aromatic carbocycles. The summed E-state index contributed by atoms with van der Waals surface area (Å²) in [6.45, 7) is 0.0692. The van der Waals surface area contributed by atoms with Crippen LogP contribution in [0, 0.1) is 11.7 Å². The van der Waals surface area contributed by atoms with Crippen LogP contribution < -0.4 is 5.32 Å². The zero-order valence-electron chi connectivity index (χ0n) is 18.9. The Labute approximate surface area is 197 Å². The molecule has 1 N–H and O–H groups in total. The number of carbonyl (C=O) groups is 4. The molecular weight excluding hydrogens is 443 g/mol. The number of likely N-dealkylation sites (tertiary alicyclic amines) is 1. The van der Waals surface area contributed by atoms with Gasteiger partial charge in [0, 0.05) is 25.1 Å². The van der Waals surface area contributed by atoms with Crippen molar-refractivity contribution in [2.75, 3.05) is 26.8 Å². The fraction of sp³-hybridized carbons (Fsp3) is 0.360. The van der Waals surface area contributed by atoms with Gasteiger partial charge >= 0.3 is 11.9 Å². The smallest absolute Gasteiger partial charge is 0.328 e. The van der Waals surface area contributed by atoms with E-state index in [1.165, 1.54) is 36.3 Å². The number of methoxy groups -OCH3 is 1. The highest BCUT2D eigenvalue weighted by Gasteiger charge is 2.31. The van der Waals surface area contributed by atoms with Crippen LogP contribution in [-0.2, 0) is 30.3 Å². The second kappa shape index (κ2) is 11.9. The van der Waals surface area contributed by atoms with Gasteiger partial charge in [0.2, 0.25) is 0 Å². The lowest BCUT2D eigenvalue weighted by molar-refractivity contribution is -0.154. The quantitative estimate of drug-likeness (QED) is 0.593. The Balaban J connectivity index is 1.51. The number of nitrogens with zero attached hydrogens (tertiary/aromatic N) is 1. The van der Waals surface area contributed by atoms with Gasteiger partial charge in [-0.1, -0.05) is 30.3 Å². The minimum atomic E-state index is -0.919. The lowest BCUT2D eigenvalue weighted by Crippen LogP contribution is -2.46. The van der Waals surface area contributed by atoms with Gasteiger partial charge in [0.1, 0.15) is 11.9 Å². The van der Waals surface area contributed by atoms with Crippen molar-refractivity contribution in [2.24, 2.45) is 5.92 Å². The lowest BCUT2D eigenvalue weighted by Gasteiger charge is -2.31. The third-order valence-electron chi connectivity index (χ3n) is 5.58. The predicted molar refractivity (Wildman–Crippen MR) is 120 cm³/mol. The molecule has 0 aliphatic carbocycles. The van der Waals surface area contributed by atoms with Gasteiger partial charge in [-0.25, -0.2) is 9.18 Å². The average Bonchev–Trinajstić information content (AvgIpc) is 2.87. The van der Waals surface area contributed by atoms with Gasteiger partial charge in [-0.05, 0) is 42.7 Å². The molecule has 9 heteroatoms. The largest absolute Gasteiger partial charge is 0.467 e. The van der Waals surface area contributed by atoms with Crippen LogP contribution in [0.25, 0.3) is 0 Å².